The lowest BCUT2D eigenvalue weighted by molar-refractivity contribution is 0.00370. The molecule has 1 aliphatic heterocycles. The second kappa shape index (κ2) is 8.51. The van der Waals surface area contributed by atoms with Crippen molar-refractivity contribution in [2.45, 2.75) is 64.0 Å². The van der Waals surface area contributed by atoms with Crippen LogP contribution in [-0.4, -0.2) is 27.7 Å². The molecule has 2 fully saturated rings. The molecule has 0 bridgehead atoms. The van der Waals surface area contributed by atoms with Crippen molar-refractivity contribution in [2.75, 3.05) is 6.61 Å². The van der Waals surface area contributed by atoms with Crippen LogP contribution in [0.1, 0.15) is 56.9 Å². The van der Waals surface area contributed by atoms with E-state index in [1.54, 1.807) is 0 Å². The molecular formula is C22H27N3O. The number of aromatic nitrogens is 3. The second-order valence-corrected chi connectivity index (χ2v) is 7.50. The third kappa shape index (κ3) is 4.53. The Morgan fingerprint density at radius 1 is 1.00 bits per heavy atom. The molecule has 26 heavy (non-hydrogen) atoms. The van der Waals surface area contributed by atoms with E-state index >= 15 is 0 Å². The zero-order chi connectivity index (χ0) is 17.6. The van der Waals surface area contributed by atoms with Crippen LogP contribution >= 0.6 is 0 Å². The second-order valence-electron chi connectivity index (χ2n) is 7.50. The standard InChI is InChI=1S/C22H27N3O/c1-2-6-18(7-3-1)9-10-19-11-13-20(14-12-19)22-17-25(24-23-22)16-21-8-4-5-15-26-21/h11-14,17-18,21H,1-8,15-16H2. The molecule has 2 heterocycles. The van der Waals surface area contributed by atoms with Crippen LogP contribution < -0.4 is 0 Å². The summed E-state index contributed by atoms with van der Waals surface area (Å²) in [6.45, 7) is 1.66. The van der Waals surface area contributed by atoms with Crippen molar-refractivity contribution < 1.29 is 4.74 Å². The van der Waals surface area contributed by atoms with E-state index in [-0.39, 0.29) is 6.10 Å². The first-order chi connectivity index (χ1) is 12.9. The lowest BCUT2D eigenvalue weighted by Gasteiger charge is -2.21. The van der Waals surface area contributed by atoms with Gasteiger partial charge in [0.1, 0.15) is 5.69 Å². The van der Waals surface area contributed by atoms with Crippen LogP contribution in [0.3, 0.4) is 0 Å². The van der Waals surface area contributed by atoms with Crippen molar-refractivity contribution in [3.8, 4) is 23.1 Å². The summed E-state index contributed by atoms with van der Waals surface area (Å²) in [6.07, 6.45) is 12.4. The van der Waals surface area contributed by atoms with Gasteiger partial charge in [0.25, 0.3) is 0 Å². The normalized spacial score (nSPS) is 21.2. The summed E-state index contributed by atoms with van der Waals surface area (Å²) in [5.74, 6) is 7.38. The van der Waals surface area contributed by atoms with Gasteiger partial charge >= 0.3 is 0 Å². The largest absolute Gasteiger partial charge is 0.376 e. The van der Waals surface area contributed by atoms with Gasteiger partial charge < -0.3 is 4.74 Å². The van der Waals surface area contributed by atoms with Crippen LogP contribution in [0.5, 0.6) is 0 Å². The topological polar surface area (TPSA) is 39.9 Å². The zero-order valence-electron chi connectivity index (χ0n) is 15.4. The summed E-state index contributed by atoms with van der Waals surface area (Å²) in [7, 11) is 0. The van der Waals surface area contributed by atoms with E-state index in [9.17, 15) is 0 Å². The van der Waals surface area contributed by atoms with Gasteiger partial charge in [0.2, 0.25) is 0 Å². The van der Waals surface area contributed by atoms with Gasteiger partial charge in [-0.25, -0.2) is 4.68 Å². The molecule has 1 unspecified atom stereocenters. The lowest BCUT2D eigenvalue weighted by atomic mass is 9.89. The molecule has 0 amide bonds. The highest BCUT2D eigenvalue weighted by atomic mass is 16.5. The molecule has 1 aromatic carbocycles. The van der Waals surface area contributed by atoms with Gasteiger partial charge in [-0.15, -0.1) is 5.10 Å². The fraction of sp³-hybridized carbons (Fsp3) is 0.545. The summed E-state index contributed by atoms with van der Waals surface area (Å²) in [5, 5.41) is 8.59. The highest BCUT2D eigenvalue weighted by Gasteiger charge is 2.15. The summed E-state index contributed by atoms with van der Waals surface area (Å²) >= 11 is 0. The fourth-order valence-electron chi connectivity index (χ4n) is 3.84. The first-order valence-corrected chi connectivity index (χ1v) is 10.0. The molecule has 1 saturated carbocycles. The molecule has 1 aromatic heterocycles. The van der Waals surface area contributed by atoms with Crippen LogP contribution in [-0.2, 0) is 11.3 Å². The Balaban J connectivity index is 1.38. The van der Waals surface area contributed by atoms with Crippen molar-refractivity contribution in [2.24, 2.45) is 5.92 Å². The number of benzene rings is 1. The fourth-order valence-corrected chi connectivity index (χ4v) is 3.84. The summed E-state index contributed by atoms with van der Waals surface area (Å²) < 4.78 is 7.69. The number of nitrogens with zero attached hydrogens (tertiary/aromatic N) is 3. The molecule has 4 heteroatoms. The van der Waals surface area contributed by atoms with Crippen molar-refractivity contribution in [3.05, 3.63) is 36.0 Å². The minimum Gasteiger partial charge on any atom is -0.376 e. The molecule has 0 N–H and O–H groups in total. The Kier molecular flexibility index (Phi) is 5.66. The van der Waals surface area contributed by atoms with Crippen LogP contribution in [0, 0.1) is 17.8 Å². The van der Waals surface area contributed by atoms with Crippen LogP contribution in [0.4, 0.5) is 0 Å². The Morgan fingerprint density at radius 2 is 1.81 bits per heavy atom. The Labute approximate surface area is 155 Å². The van der Waals surface area contributed by atoms with Crippen LogP contribution in [0.25, 0.3) is 11.3 Å². The molecule has 2 aromatic rings. The van der Waals surface area contributed by atoms with E-state index in [4.69, 9.17) is 4.74 Å². The van der Waals surface area contributed by atoms with E-state index in [2.05, 4.69) is 46.4 Å². The molecule has 1 aliphatic carbocycles. The molecular weight excluding hydrogens is 322 g/mol. The van der Waals surface area contributed by atoms with Gasteiger partial charge in [0, 0.05) is 23.7 Å². The van der Waals surface area contributed by atoms with Crippen molar-refractivity contribution in [1.82, 2.24) is 15.0 Å². The van der Waals surface area contributed by atoms with Gasteiger partial charge in [-0.1, -0.05) is 48.4 Å². The van der Waals surface area contributed by atoms with Gasteiger partial charge in [0.05, 0.1) is 18.8 Å². The maximum atomic E-state index is 5.79. The molecule has 4 nitrogen and oxygen atoms in total. The molecule has 0 spiro atoms. The highest BCUT2D eigenvalue weighted by Crippen LogP contribution is 2.23. The zero-order valence-corrected chi connectivity index (χ0v) is 15.4. The SMILES string of the molecule is C(#CC1CCCCC1)c1ccc(-c2cn(CC3CCCCO3)nn2)cc1. The quantitative estimate of drug-likeness (QED) is 0.769. The molecule has 1 saturated heterocycles. The predicted molar refractivity (Wildman–Crippen MR) is 103 cm³/mol. The summed E-state index contributed by atoms with van der Waals surface area (Å²) in [6, 6.07) is 8.37. The molecule has 2 aliphatic rings. The molecule has 4 rings (SSSR count). The van der Waals surface area contributed by atoms with E-state index in [0.29, 0.717) is 5.92 Å². The summed E-state index contributed by atoms with van der Waals surface area (Å²) in [4.78, 5) is 0. The maximum absolute atomic E-state index is 5.79. The van der Waals surface area contributed by atoms with Crippen LogP contribution in [0.2, 0.25) is 0 Å². The van der Waals surface area contributed by atoms with E-state index in [0.717, 1.165) is 36.4 Å². The Bertz CT molecular complexity index is 757. The van der Waals surface area contributed by atoms with E-state index in [1.807, 2.05) is 10.9 Å². The van der Waals surface area contributed by atoms with Gasteiger partial charge in [0.15, 0.2) is 0 Å². The smallest absolute Gasteiger partial charge is 0.113 e. The Morgan fingerprint density at radius 3 is 2.58 bits per heavy atom. The monoisotopic (exact) mass is 349 g/mol. The highest BCUT2D eigenvalue weighted by molar-refractivity contribution is 5.59. The number of rotatable bonds is 3. The first kappa shape index (κ1) is 17.3. The average molecular weight is 349 g/mol. The molecule has 0 radical (unpaired) electrons. The first-order valence-electron chi connectivity index (χ1n) is 10.0. The number of ether oxygens (including phenoxy) is 1. The minimum absolute atomic E-state index is 0.274. The average Bonchev–Trinajstić information content (AvgIpc) is 3.17. The van der Waals surface area contributed by atoms with Crippen molar-refractivity contribution >= 4 is 0 Å². The van der Waals surface area contributed by atoms with Gasteiger partial charge in [-0.2, -0.15) is 0 Å². The number of hydrogen-bond acceptors (Lipinski definition) is 3. The van der Waals surface area contributed by atoms with Crippen molar-refractivity contribution in [1.29, 1.82) is 0 Å². The molecule has 1 atom stereocenters. The van der Waals surface area contributed by atoms with Crippen molar-refractivity contribution in [3.63, 3.8) is 0 Å². The lowest BCUT2D eigenvalue weighted by Crippen LogP contribution is -2.24. The maximum Gasteiger partial charge on any atom is 0.113 e. The van der Waals surface area contributed by atoms with Crippen LogP contribution in [0.15, 0.2) is 30.5 Å². The number of hydrogen-bond donors (Lipinski definition) is 0. The predicted octanol–water partition coefficient (Wildman–Crippen LogP) is 4.45. The Hall–Kier alpha value is -2.12. The van der Waals surface area contributed by atoms with E-state index < -0.39 is 0 Å². The van der Waals surface area contributed by atoms with Gasteiger partial charge in [-0.05, 0) is 44.2 Å². The minimum atomic E-state index is 0.274. The van der Waals surface area contributed by atoms with Gasteiger partial charge in [-0.3, -0.25) is 0 Å². The molecule has 136 valence electrons. The van der Waals surface area contributed by atoms with E-state index in [1.165, 1.54) is 44.9 Å². The third-order valence-corrected chi connectivity index (χ3v) is 5.41. The summed E-state index contributed by atoms with van der Waals surface area (Å²) in [5.41, 5.74) is 3.08. The third-order valence-electron chi connectivity index (χ3n) is 5.41.